The molecule has 1 heterocycles. The van der Waals surface area contributed by atoms with Crippen LogP contribution in [0.3, 0.4) is 0 Å². The number of aliphatic hydroxyl groups excluding tert-OH is 2. The molecule has 0 aromatic rings. The van der Waals surface area contributed by atoms with Gasteiger partial charge in [-0.15, -0.1) is 0 Å². The van der Waals surface area contributed by atoms with E-state index in [-0.39, 0.29) is 12.0 Å². The molecule has 64 valence electrons. The van der Waals surface area contributed by atoms with Gasteiger partial charge >= 0.3 is 0 Å². The van der Waals surface area contributed by atoms with Crippen molar-refractivity contribution in [3.63, 3.8) is 0 Å². The number of nitrogens with zero attached hydrogens (tertiary/aromatic N) is 1. The quantitative estimate of drug-likeness (QED) is 0.546. The Hall–Kier alpha value is -0.120. The molecule has 4 unspecified atom stereocenters. The summed E-state index contributed by atoms with van der Waals surface area (Å²) >= 11 is 0. The summed E-state index contributed by atoms with van der Waals surface area (Å²) in [4.78, 5) is 1.97. The Morgan fingerprint density at radius 2 is 2.18 bits per heavy atom. The van der Waals surface area contributed by atoms with Crippen LogP contribution in [0.15, 0.2) is 0 Å². The number of fused-ring (bicyclic) bond motifs is 1. The van der Waals surface area contributed by atoms with Gasteiger partial charge in [-0.25, -0.2) is 0 Å². The molecule has 0 amide bonds. The minimum Gasteiger partial charge on any atom is -0.393 e. The van der Waals surface area contributed by atoms with Crippen LogP contribution in [0.25, 0.3) is 0 Å². The lowest BCUT2D eigenvalue weighted by molar-refractivity contribution is -0.0408. The van der Waals surface area contributed by atoms with Crippen LogP contribution in [0.1, 0.15) is 13.3 Å². The predicted octanol–water partition coefficient (Wildman–Crippen LogP) is -0.364. The maximum absolute atomic E-state index is 9.59. The largest absolute Gasteiger partial charge is 0.393 e. The maximum atomic E-state index is 9.59. The first-order chi connectivity index (χ1) is 5.13. The fraction of sp³-hybridized carbons (Fsp3) is 1.00. The number of hydrogen-bond acceptors (Lipinski definition) is 3. The summed E-state index contributed by atoms with van der Waals surface area (Å²) in [7, 11) is 1.93. The van der Waals surface area contributed by atoms with E-state index in [2.05, 4.69) is 0 Å². The highest BCUT2D eigenvalue weighted by molar-refractivity contribution is 5.07. The molecule has 1 aliphatic heterocycles. The van der Waals surface area contributed by atoms with E-state index in [1.807, 2.05) is 11.9 Å². The molecule has 2 fully saturated rings. The number of likely N-dealkylation sites (tertiary alicyclic amines) is 1. The molecule has 5 atom stereocenters. The summed E-state index contributed by atoms with van der Waals surface area (Å²) in [5, 5.41) is 18.9. The molecule has 0 spiro atoms. The molecular weight excluding hydrogens is 142 g/mol. The molecule has 1 saturated carbocycles. The molecule has 11 heavy (non-hydrogen) atoms. The zero-order chi connectivity index (χ0) is 8.17. The van der Waals surface area contributed by atoms with E-state index in [1.165, 1.54) is 0 Å². The third-order valence-corrected chi connectivity index (χ3v) is 3.14. The standard InChI is InChI=1S/C8H15NO2/c1-4(10)7-5-3-6(5)9(2)8(7)11/h4-8,10-11H,3H2,1-2H3/t4-,5?,6?,7?,8?/m1/s1. The summed E-state index contributed by atoms with van der Waals surface area (Å²) in [5.74, 6) is 0.639. The second-order valence-corrected chi connectivity index (χ2v) is 3.86. The van der Waals surface area contributed by atoms with Crippen molar-refractivity contribution in [2.24, 2.45) is 11.8 Å². The van der Waals surface area contributed by atoms with E-state index in [0.717, 1.165) is 6.42 Å². The summed E-state index contributed by atoms with van der Waals surface area (Å²) in [6.07, 6.45) is 0.368. The van der Waals surface area contributed by atoms with Gasteiger partial charge in [-0.05, 0) is 26.3 Å². The van der Waals surface area contributed by atoms with Gasteiger partial charge in [0.05, 0.1) is 6.10 Å². The Kier molecular flexibility index (Phi) is 1.50. The van der Waals surface area contributed by atoms with Gasteiger partial charge in [0.1, 0.15) is 6.23 Å². The number of hydrogen-bond donors (Lipinski definition) is 2. The Bertz CT molecular complexity index is 171. The van der Waals surface area contributed by atoms with E-state index in [4.69, 9.17) is 0 Å². The van der Waals surface area contributed by atoms with Crippen LogP contribution < -0.4 is 0 Å². The third-order valence-electron chi connectivity index (χ3n) is 3.14. The molecule has 2 aliphatic rings. The Labute approximate surface area is 66.6 Å². The second-order valence-electron chi connectivity index (χ2n) is 3.86. The van der Waals surface area contributed by atoms with Gasteiger partial charge in [-0.1, -0.05) is 0 Å². The molecule has 0 bridgehead atoms. The molecule has 3 nitrogen and oxygen atoms in total. The molecule has 0 aromatic carbocycles. The van der Waals surface area contributed by atoms with Crippen LogP contribution in [0, 0.1) is 11.8 Å². The molecule has 2 rings (SSSR count). The van der Waals surface area contributed by atoms with Gasteiger partial charge in [0.2, 0.25) is 0 Å². The summed E-state index contributed by atoms with van der Waals surface area (Å²) < 4.78 is 0. The molecule has 2 N–H and O–H groups in total. The topological polar surface area (TPSA) is 43.7 Å². The zero-order valence-electron chi connectivity index (χ0n) is 6.94. The highest BCUT2D eigenvalue weighted by Gasteiger charge is 2.57. The third kappa shape index (κ3) is 0.916. The smallest absolute Gasteiger partial charge is 0.113 e. The minimum atomic E-state index is -0.418. The molecule has 1 aliphatic carbocycles. The van der Waals surface area contributed by atoms with Crippen LogP contribution in [0.5, 0.6) is 0 Å². The van der Waals surface area contributed by atoms with Gasteiger partial charge < -0.3 is 10.2 Å². The lowest BCUT2D eigenvalue weighted by Crippen LogP contribution is -2.37. The second kappa shape index (κ2) is 2.19. The first kappa shape index (κ1) is 7.53. The number of piperidine rings is 1. The van der Waals surface area contributed by atoms with Gasteiger partial charge in [0.15, 0.2) is 0 Å². The van der Waals surface area contributed by atoms with Crippen molar-refractivity contribution in [1.82, 2.24) is 4.90 Å². The Balaban J connectivity index is 2.11. The lowest BCUT2D eigenvalue weighted by atomic mass is 9.98. The van der Waals surface area contributed by atoms with Gasteiger partial charge in [-0.3, -0.25) is 4.90 Å². The molecule has 0 aromatic heterocycles. The van der Waals surface area contributed by atoms with Crippen LogP contribution in [-0.2, 0) is 0 Å². The van der Waals surface area contributed by atoms with Crippen LogP contribution in [0.4, 0.5) is 0 Å². The number of aliphatic hydroxyl groups is 2. The lowest BCUT2D eigenvalue weighted by Gasteiger charge is -2.25. The van der Waals surface area contributed by atoms with Gasteiger partial charge in [-0.2, -0.15) is 0 Å². The van der Waals surface area contributed by atoms with Gasteiger partial charge in [0.25, 0.3) is 0 Å². The SMILES string of the molecule is C[C@@H](O)C1C2CC2N(C)C1O. The average Bonchev–Trinajstić information content (AvgIpc) is 2.61. The van der Waals surface area contributed by atoms with E-state index in [9.17, 15) is 10.2 Å². The van der Waals surface area contributed by atoms with Crippen molar-refractivity contribution < 1.29 is 10.2 Å². The fourth-order valence-corrected chi connectivity index (χ4v) is 2.38. The van der Waals surface area contributed by atoms with Crippen LogP contribution >= 0.6 is 0 Å². The predicted molar refractivity (Wildman–Crippen MR) is 40.8 cm³/mol. The zero-order valence-corrected chi connectivity index (χ0v) is 6.94. The molecule has 3 heteroatoms. The first-order valence-electron chi connectivity index (χ1n) is 4.21. The highest BCUT2D eigenvalue weighted by atomic mass is 16.3. The highest BCUT2D eigenvalue weighted by Crippen LogP contribution is 2.51. The van der Waals surface area contributed by atoms with E-state index < -0.39 is 6.23 Å². The fourth-order valence-electron chi connectivity index (χ4n) is 2.38. The van der Waals surface area contributed by atoms with E-state index >= 15 is 0 Å². The Morgan fingerprint density at radius 3 is 2.45 bits per heavy atom. The summed E-state index contributed by atoms with van der Waals surface area (Å²) in [6.45, 7) is 1.77. The maximum Gasteiger partial charge on any atom is 0.113 e. The van der Waals surface area contributed by atoms with E-state index in [1.54, 1.807) is 6.92 Å². The molecular formula is C8H15NO2. The van der Waals surface area contributed by atoms with Crippen molar-refractivity contribution >= 4 is 0 Å². The molecule has 0 radical (unpaired) electrons. The van der Waals surface area contributed by atoms with Crippen molar-refractivity contribution in [2.45, 2.75) is 31.7 Å². The van der Waals surface area contributed by atoms with E-state index in [0.29, 0.717) is 12.0 Å². The summed E-state index contributed by atoms with van der Waals surface area (Å²) in [5.41, 5.74) is 0. The monoisotopic (exact) mass is 157 g/mol. The first-order valence-corrected chi connectivity index (χ1v) is 4.21. The normalized spacial score (nSPS) is 52.4. The molecule has 1 saturated heterocycles. The Morgan fingerprint density at radius 1 is 1.55 bits per heavy atom. The van der Waals surface area contributed by atoms with Crippen molar-refractivity contribution in [2.75, 3.05) is 7.05 Å². The van der Waals surface area contributed by atoms with Crippen LogP contribution in [-0.4, -0.2) is 40.5 Å². The van der Waals surface area contributed by atoms with Crippen molar-refractivity contribution in [3.05, 3.63) is 0 Å². The van der Waals surface area contributed by atoms with Crippen molar-refractivity contribution in [1.29, 1.82) is 0 Å². The summed E-state index contributed by atoms with van der Waals surface area (Å²) in [6, 6.07) is 0.546. The van der Waals surface area contributed by atoms with Crippen LogP contribution in [0.2, 0.25) is 0 Å². The number of rotatable bonds is 1. The average molecular weight is 157 g/mol. The minimum absolute atomic E-state index is 0.0880. The van der Waals surface area contributed by atoms with Crippen molar-refractivity contribution in [3.8, 4) is 0 Å². The van der Waals surface area contributed by atoms with Gasteiger partial charge in [0, 0.05) is 12.0 Å².